The van der Waals surface area contributed by atoms with Gasteiger partial charge in [-0.2, -0.15) is 0 Å². The molecule has 0 aromatic rings. The third kappa shape index (κ3) is 7.39. The van der Waals surface area contributed by atoms with Gasteiger partial charge in [-0.25, -0.2) is 0 Å². The molecule has 0 saturated carbocycles. The van der Waals surface area contributed by atoms with Gasteiger partial charge in [0, 0.05) is 0 Å². The van der Waals surface area contributed by atoms with Crippen LogP contribution in [0.4, 0.5) is 0 Å². The van der Waals surface area contributed by atoms with Gasteiger partial charge >= 0.3 is 190 Å². The van der Waals surface area contributed by atoms with Crippen LogP contribution in [0.3, 0.4) is 0 Å². The van der Waals surface area contributed by atoms with Gasteiger partial charge < -0.3 is 0 Å². The average Bonchev–Trinajstić information content (AvgIpc) is 2.69. The summed E-state index contributed by atoms with van der Waals surface area (Å²) in [5.41, 5.74) is -0.702. The van der Waals surface area contributed by atoms with Crippen LogP contribution < -0.4 is 0 Å². The average molecular weight is 533 g/mol. The molecule has 0 atom stereocenters. The van der Waals surface area contributed by atoms with Crippen LogP contribution in [0.5, 0.6) is 0 Å². The van der Waals surface area contributed by atoms with E-state index in [1.807, 2.05) is 0 Å². The Morgan fingerprint density at radius 1 is 0.800 bits per heavy atom. The standard InChI is InChI=1S/C16H28O5.2C4H9.Sn/c1-6-9-11-15(19,12-10-7-2)16(8-3,20-13(4)17)21-14(5)18;2*1-3-4-2;/h3,6-12H2,1-2,4-5H3;2*1,3-4H2,2H3;/q-1;;;+1. The van der Waals surface area contributed by atoms with Crippen molar-refractivity contribution >= 4 is 30.7 Å². The Hall–Kier alpha value is -0.301. The van der Waals surface area contributed by atoms with Gasteiger partial charge in [-0.15, -0.1) is 0 Å². The van der Waals surface area contributed by atoms with Crippen LogP contribution in [0.1, 0.15) is 112 Å². The van der Waals surface area contributed by atoms with Gasteiger partial charge in [-0.3, -0.25) is 0 Å². The van der Waals surface area contributed by atoms with E-state index in [1.54, 1.807) is 0 Å². The second-order valence-electron chi connectivity index (χ2n) is 9.13. The summed E-state index contributed by atoms with van der Waals surface area (Å²) in [6, 6.07) is 0. The van der Waals surface area contributed by atoms with Crippen LogP contribution in [0.2, 0.25) is 13.3 Å². The number of rotatable bonds is 14. The van der Waals surface area contributed by atoms with Crippen molar-refractivity contribution in [3.63, 3.8) is 0 Å². The third-order valence-electron chi connectivity index (χ3n) is 6.47. The first-order chi connectivity index (χ1) is 14.2. The van der Waals surface area contributed by atoms with Crippen LogP contribution >= 0.6 is 0 Å². The molecule has 0 aromatic carbocycles. The molecule has 176 valence electrons. The van der Waals surface area contributed by atoms with Gasteiger partial charge in [0.2, 0.25) is 0 Å². The topological polar surface area (TPSA) is 61.8 Å². The predicted octanol–water partition coefficient (Wildman–Crippen LogP) is 6.89. The number of ether oxygens (including phenoxy) is 2. The quantitative estimate of drug-likeness (QED) is 0.138. The fourth-order valence-electron chi connectivity index (χ4n) is 4.94. The molecular weight excluding hydrogens is 487 g/mol. The molecule has 0 spiro atoms. The molecule has 0 radical (unpaired) electrons. The number of carbonyl (C=O) groups is 2. The molecule has 1 aliphatic rings. The van der Waals surface area contributed by atoms with Crippen molar-refractivity contribution in [1.29, 1.82) is 0 Å². The third-order valence-corrected chi connectivity index (χ3v) is 19.4. The Morgan fingerprint density at radius 3 is 1.60 bits per heavy atom. The van der Waals surface area contributed by atoms with Gasteiger partial charge in [0.15, 0.2) is 0 Å². The Morgan fingerprint density at radius 2 is 1.23 bits per heavy atom. The first-order valence-electron chi connectivity index (χ1n) is 12.3. The molecule has 0 aromatic heterocycles. The predicted molar refractivity (Wildman–Crippen MR) is 124 cm³/mol. The van der Waals surface area contributed by atoms with E-state index in [-0.39, 0.29) is 0 Å². The van der Waals surface area contributed by atoms with E-state index in [1.165, 1.54) is 48.4 Å². The van der Waals surface area contributed by atoms with E-state index in [0.717, 1.165) is 43.0 Å². The molecular formula is C24H46O5Sn. The fraction of sp³-hybridized carbons (Fsp3) is 0.917. The summed E-state index contributed by atoms with van der Waals surface area (Å²) in [6.45, 7) is 11.6. The van der Waals surface area contributed by atoms with Crippen molar-refractivity contribution < 1.29 is 22.1 Å². The molecule has 0 amide bonds. The van der Waals surface area contributed by atoms with Crippen molar-refractivity contribution in [2.24, 2.45) is 0 Å². The molecule has 30 heavy (non-hydrogen) atoms. The minimum atomic E-state index is -2.95. The van der Waals surface area contributed by atoms with E-state index in [9.17, 15) is 9.59 Å². The number of hydrogen-bond donors (Lipinski definition) is 0. The van der Waals surface area contributed by atoms with Crippen LogP contribution in [-0.2, 0) is 22.1 Å². The summed E-state index contributed by atoms with van der Waals surface area (Å²) >= 11 is -2.95. The molecule has 1 heterocycles. The van der Waals surface area contributed by atoms with Crippen LogP contribution in [0.15, 0.2) is 0 Å². The zero-order valence-electron chi connectivity index (χ0n) is 20.4. The van der Waals surface area contributed by atoms with E-state index >= 15 is 0 Å². The first-order valence-corrected chi connectivity index (χ1v) is 19.6. The van der Waals surface area contributed by atoms with Crippen LogP contribution in [0, 0.1) is 0 Å². The molecule has 1 aliphatic heterocycles. The SMILES string of the molecule is CCCCC1(CCCC)[O][Sn]([CH2]CCC)([CH2]CCC)[CH2]CC1(OC(C)=O)OC(C)=O. The zero-order chi connectivity index (χ0) is 22.7. The molecule has 0 N–H and O–H groups in total. The van der Waals surface area contributed by atoms with E-state index in [2.05, 4.69) is 27.7 Å². The van der Waals surface area contributed by atoms with Crippen molar-refractivity contribution in [3.05, 3.63) is 0 Å². The number of unbranched alkanes of at least 4 members (excludes halogenated alkanes) is 4. The monoisotopic (exact) mass is 534 g/mol. The zero-order valence-corrected chi connectivity index (χ0v) is 23.3. The van der Waals surface area contributed by atoms with Crippen molar-refractivity contribution in [2.75, 3.05) is 0 Å². The Bertz CT molecular complexity index is 502. The number of carbonyl (C=O) groups excluding carboxylic acids is 2. The summed E-state index contributed by atoms with van der Waals surface area (Å²) in [5, 5.41) is 0. The molecule has 1 fully saturated rings. The number of esters is 2. The molecule has 0 aliphatic carbocycles. The van der Waals surface area contributed by atoms with E-state index in [0.29, 0.717) is 6.42 Å². The summed E-state index contributed by atoms with van der Waals surface area (Å²) in [5.74, 6) is -2.09. The number of hydrogen-bond acceptors (Lipinski definition) is 5. The summed E-state index contributed by atoms with van der Waals surface area (Å²) < 4.78 is 22.6. The van der Waals surface area contributed by atoms with Gasteiger partial charge in [0.1, 0.15) is 0 Å². The normalized spacial score (nSPS) is 19.3. The van der Waals surface area contributed by atoms with Gasteiger partial charge in [-0.05, 0) is 0 Å². The van der Waals surface area contributed by atoms with Crippen molar-refractivity contribution in [2.45, 2.75) is 137 Å². The fourth-order valence-corrected chi connectivity index (χ4v) is 19.3. The van der Waals surface area contributed by atoms with Crippen molar-refractivity contribution in [3.8, 4) is 0 Å². The molecule has 1 saturated heterocycles. The maximum atomic E-state index is 12.2. The second kappa shape index (κ2) is 13.3. The van der Waals surface area contributed by atoms with E-state index in [4.69, 9.17) is 12.5 Å². The summed E-state index contributed by atoms with van der Waals surface area (Å²) in [4.78, 5) is 24.4. The molecule has 5 nitrogen and oxygen atoms in total. The Balaban J connectivity index is 3.51. The molecule has 0 bridgehead atoms. The maximum absolute atomic E-state index is 12.2. The molecule has 6 heteroatoms. The van der Waals surface area contributed by atoms with Gasteiger partial charge in [0.05, 0.1) is 0 Å². The van der Waals surface area contributed by atoms with Gasteiger partial charge in [0.25, 0.3) is 0 Å². The van der Waals surface area contributed by atoms with Gasteiger partial charge in [-0.1, -0.05) is 0 Å². The summed E-state index contributed by atoms with van der Waals surface area (Å²) in [6.07, 6.45) is 10.9. The second-order valence-corrected chi connectivity index (χ2v) is 20.8. The Labute approximate surface area is 189 Å². The van der Waals surface area contributed by atoms with Crippen molar-refractivity contribution in [1.82, 2.24) is 0 Å². The molecule has 1 rings (SSSR count). The first kappa shape index (κ1) is 27.7. The van der Waals surface area contributed by atoms with Crippen LogP contribution in [0.25, 0.3) is 0 Å². The van der Waals surface area contributed by atoms with Crippen LogP contribution in [-0.4, -0.2) is 42.1 Å². The minimum absolute atomic E-state index is 0.401. The summed E-state index contributed by atoms with van der Waals surface area (Å²) in [7, 11) is 0. The molecule has 0 unspecified atom stereocenters. The Kier molecular flexibility index (Phi) is 12.3. The van der Waals surface area contributed by atoms with E-state index < -0.39 is 42.1 Å².